The Morgan fingerprint density at radius 2 is 1.93 bits per heavy atom. The molecule has 0 unspecified atom stereocenters. The molecule has 0 N–H and O–H groups in total. The zero-order chi connectivity index (χ0) is 19.7. The first-order valence-corrected chi connectivity index (χ1v) is 10.1. The quantitative estimate of drug-likeness (QED) is 0.515. The van der Waals surface area contributed by atoms with E-state index in [4.69, 9.17) is 0 Å². The highest BCUT2D eigenvalue weighted by Gasteiger charge is 2.26. The standard InChI is InChI=1S/C21H20N4O2S/c1-3-16(20(26)24(4-2)14-9-6-5-7-10-14)25-13-23-17-15-11-8-12-22-19(15)28-18(17)21(25)27/h5-13,16H,3-4H2,1-2H3/t16-/m1/s1. The van der Waals surface area contributed by atoms with Gasteiger partial charge in [-0.25, -0.2) is 9.97 Å². The third-order valence-corrected chi connectivity index (χ3v) is 5.93. The van der Waals surface area contributed by atoms with E-state index in [1.54, 1.807) is 11.1 Å². The SMILES string of the molecule is CC[C@H](C(=O)N(CC)c1ccccc1)n1cnc2c(sc3ncccc32)c1=O. The van der Waals surface area contributed by atoms with Crippen LogP contribution in [0.25, 0.3) is 20.4 Å². The molecule has 3 heterocycles. The van der Waals surface area contributed by atoms with Crippen LogP contribution in [0.4, 0.5) is 5.69 Å². The molecule has 0 bridgehead atoms. The first-order valence-electron chi connectivity index (χ1n) is 9.26. The Kier molecular flexibility index (Phi) is 4.92. The number of para-hydroxylation sites is 1. The third-order valence-electron chi connectivity index (χ3n) is 4.84. The number of thiophene rings is 1. The number of anilines is 1. The lowest BCUT2D eigenvalue weighted by molar-refractivity contribution is -0.121. The van der Waals surface area contributed by atoms with Crippen LogP contribution in [0.5, 0.6) is 0 Å². The van der Waals surface area contributed by atoms with Crippen LogP contribution in [0, 0.1) is 0 Å². The molecular formula is C21H20N4O2S. The number of nitrogens with zero attached hydrogens (tertiary/aromatic N) is 4. The molecule has 0 saturated carbocycles. The van der Waals surface area contributed by atoms with Gasteiger partial charge in [0.05, 0.1) is 11.8 Å². The predicted octanol–water partition coefficient (Wildman–Crippen LogP) is 4.01. The molecule has 1 atom stereocenters. The van der Waals surface area contributed by atoms with Crippen LogP contribution < -0.4 is 10.5 Å². The molecule has 3 aromatic heterocycles. The van der Waals surface area contributed by atoms with Crippen LogP contribution in [0.15, 0.2) is 59.8 Å². The summed E-state index contributed by atoms with van der Waals surface area (Å²) in [4.78, 5) is 37.8. The molecule has 7 heteroatoms. The summed E-state index contributed by atoms with van der Waals surface area (Å²) in [7, 11) is 0. The first-order chi connectivity index (χ1) is 13.7. The molecule has 142 valence electrons. The first kappa shape index (κ1) is 18.3. The van der Waals surface area contributed by atoms with Gasteiger partial charge in [-0.15, -0.1) is 11.3 Å². The minimum atomic E-state index is -0.609. The van der Waals surface area contributed by atoms with Crippen molar-refractivity contribution < 1.29 is 4.79 Å². The zero-order valence-corrected chi connectivity index (χ0v) is 16.5. The van der Waals surface area contributed by atoms with Gasteiger partial charge in [0.25, 0.3) is 5.56 Å². The van der Waals surface area contributed by atoms with Crippen LogP contribution in [0.3, 0.4) is 0 Å². The highest BCUT2D eigenvalue weighted by Crippen LogP contribution is 2.29. The lowest BCUT2D eigenvalue weighted by Gasteiger charge is -2.26. The second-order valence-electron chi connectivity index (χ2n) is 6.43. The van der Waals surface area contributed by atoms with Crippen molar-refractivity contribution in [1.29, 1.82) is 0 Å². The van der Waals surface area contributed by atoms with Crippen molar-refractivity contribution in [2.24, 2.45) is 0 Å². The largest absolute Gasteiger partial charge is 0.311 e. The number of hydrogen-bond donors (Lipinski definition) is 0. The van der Waals surface area contributed by atoms with E-state index in [1.165, 1.54) is 22.2 Å². The van der Waals surface area contributed by atoms with Crippen LogP contribution in [0.2, 0.25) is 0 Å². The maximum atomic E-state index is 13.3. The number of rotatable bonds is 5. The Bertz CT molecular complexity index is 1200. The van der Waals surface area contributed by atoms with Gasteiger partial charge < -0.3 is 4.90 Å². The van der Waals surface area contributed by atoms with Crippen molar-refractivity contribution >= 4 is 43.4 Å². The maximum absolute atomic E-state index is 13.3. The summed E-state index contributed by atoms with van der Waals surface area (Å²) < 4.78 is 2.00. The lowest BCUT2D eigenvalue weighted by Crippen LogP contribution is -2.40. The minimum Gasteiger partial charge on any atom is -0.311 e. The molecule has 0 aliphatic carbocycles. The molecule has 4 aromatic rings. The van der Waals surface area contributed by atoms with Gasteiger partial charge in [-0.1, -0.05) is 25.1 Å². The molecule has 0 fully saturated rings. The highest BCUT2D eigenvalue weighted by atomic mass is 32.1. The number of fused-ring (bicyclic) bond motifs is 3. The number of aromatic nitrogens is 3. The number of likely N-dealkylation sites (N-methyl/N-ethyl adjacent to an activating group) is 1. The molecule has 0 aliphatic heterocycles. The third kappa shape index (κ3) is 2.97. The maximum Gasteiger partial charge on any atom is 0.272 e. The smallest absolute Gasteiger partial charge is 0.272 e. The fourth-order valence-electron chi connectivity index (χ4n) is 3.45. The van der Waals surface area contributed by atoms with E-state index in [2.05, 4.69) is 9.97 Å². The Labute approximate surface area is 166 Å². The molecule has 1 aromatic carbocycles. The summed E-state index contributed by atoms with van der Waals surface area (Å²) in [6, 6.07) is 12.6. The Hall–Kier alpha value is -3.06. The summed E-state index contributed by atoms with van der Waals surface area (Å²) in [5.74, 6) is -0.112. The Morgan fingerprint density at radius 1 is 1.14 bits per heavy atom. The normalized spacial score (nSPS) is 12.4. The van der Waals surface area contributed by atoms with Crippen molar-refractivity contribution in [3.63, 3.8) is 0 Å². The summed E-state index contributed by atoms with van der Waals surface area (Å²) in [5.41, 5.74) is 1.27. The van der Waals surface area contributed by atoms with Crippen LogP contribution in [-0.2, 0) is 4.79 Å². The van der Waals surface area contributed by atoms with Gasteiger partial charge in [0.15, 0.2) is 0 Å². The van der Waals surface area contributed by atoms with Gasteiger partial charge in [0.2, 0.25) is 5.91 Å². The number of carbonyl (C=O) groups excluding carboxylic acids is 1. The van der Waals surface area contributed by atoms with Crippen molar-refractivity contribution in [3.8, 4) is 0 Å². The van der Waals surface area contributed by atoms with Gasteiger partial charge in [0, 0.05) is 23.8 Å². The average molecular weight is 392 g/mol. The topological polar surface area (TPSA) is 68.1 Å². The van der Waals surface area contributed by atoms with Gasteiger partial charge >= 0.3 is 0 Å². The monoisotopic (exact) mass is 392 g/mol. The van der Waals surface area contributed by atoms with Gasteiger partial charge in [-0.2, -0.15) is 0 Å². The number of amides is 1. The highest BCUT2D eigenvalue weighted by molar-refractivity contribution is 7.25. The molecule has 1 amide bonds. The second-order valence-corrected chi connectivity index (χ2v) is 7.43. The van der Waals surface area contributed by atoms with Crippen molar-refractivity contribution in [2.45, 2.75) is 26.3 Å². The molecular weight excluding hydrogens is 372 g/mol. The van der Waals surface area contributed by atoms with Gasteiger partial charge in [-0.05, 0) is 37.6 Å². The second kappa shape index (κ2) is 7.52. The van der Waals surface area contributed by atoms with E-state index < -0.39 is 6.04 Å². The summed E-state index contributed by atoms with van der Waals surface area (Å²) in [6.45, 7) is 4.36. The zero-order valence-electron chi connectivity index (χ0n) is 15.7. The van der Waals surface area contributed by atoms with Crippen LogP contribution in [0.1, 0.15) is 26.3 Å². The van der Waals surface area contributed by atoms with Crippen molar-refractivity contribution in [2.75, 3.05) is 11.4 Å². The number of carbonyl (C=O) groups is 1. The molecule has 4 rings (SSSR count). The predicted molar refractivity (Wildman–Crippen MR) is 113 cm³/mol. The number of hydrogen-bond acceptors (Lipinski definition) is 5. The lowest BCUT2D eigenvalue weighted by atomic mass is 10.1. The summed E-state index contributed by atoms with van der Waals surface area (Å²) in [5, 5.41) is 0.866. The summed E-state index contributed by atoms with van der Waals surface area (Å²) >= 11 is 1.32. The van der Waals surface area contributed by atoms with Crippen molar-refractivity contribution in [3.05, 3.63) is 65.3 Å². The molecule has 0 radical (unpaired) electrons. The number of pyridine rings is 1. The van der Waals surface area contributed by atoms with Crippen LogP contribution >= 0.6 is 11.3 Å². The van der Waals surface area contributed by atoms with E-state index >= 15 is 0 Å². The fraction of sp³-hybridized carbons (Fsp3) is 0.238. The van der Waals surface area contributed by atoms with Crippen LogP contribution in [-0.4, -0.2) is 27.0 Å². The summed E-state index contributed by atoms with van der Waals surface area (Å²) in [6.07, 6.45) is 3.70. The molecule has 0 spiro atoms. The van der Waals surface area contributed by atoms with E-state index in [-0.39, 0.29) is 11.5 Å². The van der Waals surface area contributed by atoms with E-state index in [1.807, 2.05) is 56.3 Å². The van der Waals surface area contributed by atoms with E-state index in [0.29, 0.717) is 23.2 Å². The van der Waals surface area contributed by atoms with Crippen molar-refractivity contribution in [1.82, 2.24) is 14.5 Å². The van der Waals surface area contributed by atoms with E-state index in [0.717, 1.165) is 15.9 Å². The minimum absolute atomic E-state index is 0.112. The molecule has 0 saturated heterocycles. The fourth-order valence-corrected chi connectivity index (χ4v) is 4.48. The van der Waals surface area contributed by atoms with Gasteiger partial charge in [0.1, 0.15) is 15.6 Å². The molecule has 28 heavy (non-hydrogen) atoms. The Balaban J connectivity index is 1.80. The van der Waals surface area contributed by atoms with Gasteiger partial charge in [-0.3, -0.25) is 14.2 Å². The average Bonchev–Trinajstić information content (AvgIpc) is 3.11. The molecule has 6 nitrogen and oxygen atoms in total. The number of benzene rings is 1. The Morgan fingerprint density at radius 3 is 2.64 bits per heavy atom. The van der Waals surface area contributed by atoms with E-state index in [9.17, 15) is 9.59 Å². The molecule has 0 aliphatic rings.